The molecular formula is C13H17N3O4. The van der Waals surface area contributed by atoms with Gasteiger partial charge < -0.3 is 9.64 Å². The van der Waals surface area contributed by atoms with Crippen LogP contribution in [0.3, 0.4) is 0 Å². The second-order valence-electron chi connectivity index (χ2n) is 4.97. The number of methoxy groups -OCH3 is 1. The third kappa shape index (κ3) is 2.87. The Kier molecular flexibility index (Phi) is 4.16. The van der Waals surface area contributed by atoms with Gasteiger partial charge in [0.1, 0.15) is 12.0 Å². The van der Waals surface area contributed by atoms with Crippen LogP contribution in [0.2, 0.25) is 0 Å². The van der Waals surface area contributed by atoms with Crippen molar-refractivity contribution in [2.45, 2.75) is 13.3 Å². The summed E-state index contributed by atoms with van der Waals surface area (Å²) in [7, 11) is 1.40. The molecule has 20 heavy (non-hydrogen) atoms. The lowest BCUT2D eigenvalue weighted by molar-refractivity contribution is -0.385. The molecule has 0 N–H and O–H groups in total. The van der Waals surface area contributed by atoms with Crippen molar-refractivity contribution in [1.29, 1.82) is 0 Å². The number of aromatic nitrogens is 1. The average molecular weight is 279 g/mol. The van der Waals surface area contributed by atoms with E-state index in [1.807, 2.05) is 11.8 Å². The second kappa shape index (κ2) is 5.85. The summed E-state index contributed by atoms with van der Waals surface area (Å²) in [4.78, 5) is 27.9. The summed E-state index contributed by atoms with van der Waals surface area (Å²) < 4.78 is 4.80. The molecule has 0 amide bonds. The Morgan fingerprint density at radius 1 is 1.55 bits per heavy atom. The number of carbonyl (C=O) groups is 1. The molecule has 1 aliphatic heterocycles. The predicted octanol–water partition coefficient (Wildman–Crippen LogP) is 1.63. The largest absolute Gasteiger partial charge is 0.469 e. The van der Waals surface area contributed by atoms with Gasteiger partial charge in [0, 0.05) is 19.2 Å². The van der Waals surface area contributed by atoms with E-state index in [2.05, 4.69) is 4.98 Å². The quantitative estimate of drug-likeness (QED) is 0.475. The van der Waals surface area contributed by atoms with Crippen LogP contribution in [0.15, 0.2) is 18.3 Å². The number of rotatable bonds is 3. The van der Waals surface area contributed by atoms with E-state index in [4.69, 9.17) is 4.74 Å². The number of esters is 1. The van der Waals surface area contributed by atoms with Gasteiger partial charge in [-0.15, -0.1) is 0 Å². The molecule has 2 heterocycles. The highest BCUT2D eigenvalue weighted by molar-refractivity contribution is 5.73. The lowest BCUT2D eigenvalue weighted by Gasteiger charge is -2.36. The van der Waals surface area contributed by atoms with Crippen molar-refractivity contribution in [3.05, 3.63) is 28.4 Å². The van der Waals surface area contributed by atoms with E-state index in [1.54, 1.807) is 6.07 Å². The standard InChI is InChI=1S/C13H17N3O4/c1-9-8-15(6-5-11(9)13(17)20-2)12-4-3-10(7-14-12)16(18)19/h3-4,7,9,11H,5-6,8H2,1-2H3/t9-,11-/m1/s1. The fraction of sp³-hybridized carbons (Fsp3) is 0.538. The van der Waals surface area contributed by atoms with Crippen LogP contribution in [0.4, 0.5) is 11.5 Å². The van der Waals surface area contributed by atoms with Gasteiger partial charge in [-0.25, -0.2) is 4.98 Å². The number of nitrogens with zero attached hydrogens (tertiary/aromatic N) is 3. The lowest BCUT2D eigenvalue weighted by atomic mass is 9.87. The minimum Gasteiger partial charge on any atom is -0.469 e. The first-order valence-corrected chi connectivity index (χ1v) is 6.46. The van der Waals surface area contributed by atoms with Crippen molar-refractivity contribution in [2.24, 2.45) is 11.8 Å². The minimum atomic E-state index is -0.469. The summed E-state index contributed by atoms with van der Waals surface area (Å²) in [5.41, 5.74) is -0.0220. The Bertz CT molecular complexity index is 503. The van der Waals surface area contributed by atoms with E-state index in [0.717, 1.165) is 0 Å². The van der Waals surface area contributed by atoms with E-state index in [0.29, 0.717) is 25.3 Å². The van der Waals surface area contributed by atoms with Crippen molar-refractivity contribution in [3.8, 4) is 0 Å². The van der Waals surface area contributed by atoms with Crippen LogP contribution >= 0.6 is 0 Å². The van der Waals surface area contributed by atoms with Crippen molar-refractivity contribution in [1.82, 2.24) is 4.98 Å². The molecule has 0 aliphatic carbocycles. The summed E-state index contributed by atoms with van der Waals surface area (Å²) >= 11 is 0. The third-order valence-corrected chi connectivity index (χ3v) is 3.68. The van der Waals surface area contributed by atoms with Gasteiger partial charge in [-0.3, -0.25) is 14.9 Å². The molecule has 0 radical (unpaired) electrons. The van der Waals surface area contributed by atoms with Crippen LogP contribution in [0.5, 0.6) is 0 Å². The van der Waals surface area contributed by atoms with E-state index in [9.17, 15) is 14.9 Å². The molecule has 2 rings (SSSR count). The normalized spacial score (nSPS) is 22.4. The number of nitro groups is 1. The Morgan fingerprint density at radius 2 is 2.30 bits per heavy atom. The van der Waals surface area contributed by atoms with Gasteiger partial charge in [0.25, 0.3) is 5.69 Å². The third-order valence-electron chi connectivity index (χ3n) is 3.68. The van der Waals surface area contributed by atoms with Crippen LogP contribution in [0.25, 0.3) is 0 Å². The highest BCUT2D eigenvalue weighted by atomic mass is 16.6. The molecule has 1 fully saturated rings. The van der Waals surface area contributed by atoms with Crippen molar-refractivity contribution in [3.63, 3.8) is 0 Å². The Balaban J connectivity index is 2.05. The highest BCUT2D eigenvalue weighted by Crippen LogP contribution is 2.27. The molecule has 1 saturated heterocycles. The molecule has 1 aliphatic rings. The van der Waals surface area contributed by atoms with Gasteiger partial charge in [0.2, 0.25) is 0 Å². The van der Waals surface area contributed by atoms with E-state index >= 15 is 0 Å². The van der Waals surface area contributed by atoms with Crippen LogP contribution in [-0.4, -0.2) is 36.1 Å². The van der Waals surface area contributed by atoms with Crippen molar-refractivity contribution in [2.75, 3.05) is 25.1 Å². The molecule has 1 aromatic rings. The molecule has 7 nitrogen and oxygen atoms in total. The van der Waals surface area contributed by atoms with Crippen LogP contribution < -0.4 is 4.90 Å². The summed E-state index contributed by atoms with van der Waals surface area (Å²) in [5.74, 6) is 0.599. The van der Waals surface area contributed by atoms with E-state index in [1.165, 1.54) is 19.4 Å². The first-order chi connectivity index (χ1) is 9.52. The monoisotopic (exact) mass is 279 g/mol. The Morgan fingerprint density at radius 3 is 2.80 bits per heavy atom. The summed E-state index contributed by atoms with van der Waals surface area (Å²) in [6.45, 7) is 3.37. The summed E-state index contributed by atoms with van der Waals surface area (Å²) in [5, 5.41) is 10.6. The van der Waals surface area contributed by atoms with Gasteiger partial charge in [0.05, 0.1) is 18.0 Å². The van der Waals surface area contributed by atoms with Gasteiger partial charge in [-0.1, -0.05) is 6.92 Å². The molecule has 108 valence electrons. The maximum Gasteiger partial charge on any atom is 0.309 e. The van der Waals surface area contributed by atoms with Crippen molar-refractivity contribution >= 4 is 17.5 Å². The van der Waals surface area contributed by atoms with Gasteiger partial charge in [0.15, 0.2) is 0 Å². The molecule has 0 spiro atoms. The minimum absolute atomic E-state index is 0.0220. The van der Waals surface area contributed by atoms with Gasteiger partial charge in [-0.2, -0.15) is 0 Å². The fourth-order valence-corrected chi connectivity index (χ4v) is 2.53. The molecule has 7 heteroatoms. The Hall–Kier alpha value is -2.18. The lowest BCUT2D eigenvalue weighted by Crippen LogP contribution is -2.42. The number of pyridine rings is 1. The summed E-state index contributed by atoms with van der Waals surface area (Å²) in [6.07, 6.45) is 1.96. The Labute approximate surface area is 116 Å². The molecule has 1 aromatic heterocycles. The number of piperidine rings is 1. The van der Waals surface area contributed by atoms with E-state index < -0.39 is 4.92 Å². The first kappa shape index (κ1) is 14.2. The molecule has 0 bridgehead atoms. The number of hydrogen-bond donors (Lipinski definition) is 0. The SMILES string of the molecule is COC(=O)[C@@H]1CCN(c2ccc([N+](=O)[O-])cn2)C[C@H]1C. The van der Waals surface area contributed by atoms with Crippen LogP contribution in [0, 0.1) is 22.0 Å². The molecule has 0 saturated carbocycles. The highest BCUT2D eigenvalue weighted by Gasteiger charge is 2.32. The van der Waals surface area contributed by atoms with Crippen LogP contribution in [0.1, 0.15) is 13.3 Å². The van der Waals surface area contributed by atoms with Crippen molar-refractivity contribution < 1.29 is 14.5 Å². The smallest absolute Gasteiger partial charge is 0.309 e. The van der Waals surface area contributed by atoms with Crippen LogP contribution in [-0.2, 0) is 9.53 Å². The first-order valence-electron chi connectivity index (χ1n) is 6.46. The predicted molar refractivity (Wildman–Crippen MR) is 72.4 cm³/mol. The molecular weight excluding hydrogens is 262 g/mol. The molecule has 0 unspecified atom stereocenters. The maximum absolute atomic E-state index is 11.6. The maximum atomic E-state index is 11.6. The summed E-state index contributed by atoms with van der Waals surface area (Å²) in [6, 6.07) is 3.09. The zero-order valence-corrected chi connectivity index (χ0v) is 11.5. The number of carbonyl (C=O) groups excluding carboxylic acids is 1. The number of hydrogen-bond acceptors (Lipinski definition) is 6. The molecule has 2 atom stereocenters. The number of ether oxygens (including phenoxy) is 1. The molecule has 0 aromatic carbocycles. The van der Waals surface area contributed by atoms with Gasteiger partial charge >= 0.3 is 5.97 Å². The fourth-order valence-electron chi connectivity index (χ4n) is 2.53. The average Bonchev–Trinajstić information content (AvgIpc) is 2.46. The second-order valence-corrected chi connectivity index (χ2v) is 4.97. The van der Waals surface area contributed by atoms with Gasteiger partial charge in [-0.05, 0) is 18.4 Å². The van der Waals surface area contributed by atoms with E-state index in [-0.39, 0.29) is 23.5 Å². The zero-order chi connectivity index (χ0) is 14.7. The number of anilines is 1. The topological polar surface area (TPSA) is 85.6 Å². The zero-order valence-electron chi connectivity index (χ0n) is 11.5.